The largest absolute Gasteiger partial charge is 0.361 e. The normalized spacial score (nSPS) is 10.5. The van der Waals surface area contributed by atoms with Crippen molar-refractivity contribution in [2.24, 2.45) is 0 Å². The zero-order chi connectivity index (χ0) is 13.8. The fourth-order valence-electron chi connectivity index (χ4n) is 2.01. The van der Waals surface area contributed by atoms with Crippen molar-refractivity contribution in [3.05, 3.63) is 52.4 Å². The minimum atomic E-state index is 0.00519. The molecule has 2 rings (SSSR count). The summed E-state index contributed by atoms with van der Waals surface area (Å²) in [7, 11) is 0. The molecule has 100 valence electrons. The number of carbonyl (C=O) groups excluding carboxylic acids is 1. The predicted octanol–water partition coefficient (Wildman–Crippen LogP) is 2.46. The van der Waals surface area contributed by atoms with E-state index in [1.807, 2.05) is 45.0 Å². The number of hydrogen-bond acceptors (Lipinski definition) is 3. The Morgan fingerprint density at radius 2 is 2.11 bits per heavy atom. The number of benzene rings is 1. The quantitative estimate of drug-likeness (QED) is 0.916. The second kappa shape index (κ2) is 5.69. The second-order valence-corrected chi connectivity index (χ2v) is 4.75. The molecule has 1 aromatic heterocycles. The van der Waals surface area contributed by atoms with Crippen LogP contribution in [0.5, 0.6) is 0 Å². The van der Waals surface area contributed by atoms with E-state index in [1.54, 1.807) is 0 Å². The zero-order valence-electron chi connectivity index (χ0n) is 11.5. The number of carbonyl (C=O) groups is 1. The average Bonchev–Trinajstić information content (AvgIpc) is 2.67. The molecule has 0 aliphatic heterocycles. The highest BCUT2D eigenvalue weighted by atomic mass is 16.5. The Labute approximate surface area is 112 Å². The van der Waals surface area contributed by atoms with Crippen LogP contribution < -0.4 is 5.32 Å². The van der Waals surface area contributed by atoms with Crippen molar-refractivity contribution in [1.82, 2.24) is 10.5 Å². The molecular weight excluding hydrogens is 240 g/mol. The molecule has 0 aliphatic carbocycles. The molecule has 0 atom stereocenters. The van der Waals surface area contributed by atoms with Gasteiger partial charge in [-0.1, -0.05) is 35.0 Å². The molecule has 4 nitrogen and oxygen atoms in total. The van der Waals surface area contributed by atoms with E-state index >= 15 is 0 Å². The lowest BCUT2D eigenvalue weighted by Gasteiger charge is -2.05. The first-order valence-corrected chi connectivity index (χ1v) is 6.30. The molecule has 1 aromatic carbocycles. The summed E-state index contributed by atoms with van der Waals surface area (Å²) in [5.41, 5.74) is 3.97. The molecule has 0 saturated carbocycles. The smallest absolute Gasteiger partial charge is 0.224 e. The number of nitrogens with one attached hydrogen (secondary N) is 1. The summed E-state index contributed by atoms with van der Waals surface area (Å²) in [6.45, 7) is 6.21. The van der Waals surface area contributed by atoms with Gasteiger partial charge in [-0.15, -0.1) is 0 Å². The van der Waals surface area contributed by atoms with E-state index in [4.69, 9.17) is 4.52 Å². The van der Waals surface area contributed by atoms with E-state index < -0.39 is 0 Å². The maximum Gasteiger partial charge on any atom is 0.224 e. The molecule has 4 heteroatoms. The van der Waals surface area contributed by atoms with Crippen LogP contribution in [-0.4, -0.2) is 11.1 Å². The molecule has 1 amide bonds. The van der Waals surface area contributed by atoms with E-state index in [2.05, 4.69) is 10.5 Å². The maximum absolute atomic E-state index is 11.9. The molecule has 0 unspecified atom stereocenters. The van der Waals surface area contributed by atoms with Crippen molar-refractivity contribution in [2.75, 3.05) is 0 Å². The zero-order valence-corrected chi connectivity index (χ0v) is 11.5. The van der Waals surface area contributed by atoms with Gasteiger partial charge in [0.15, 0.2) is 0 Å². The van der Waals surface area contributed by atoms with Crippen molar-refractivity contribution in [1.29, 1.82) is 0 Å². The fraction of sp³-hybridized carbons (Fsp3) is 0.333. The van der Waals surface area contributed by atoms with E-state index in [1.165, 1.54) is 0 Å². The third kappa shape index (κ3) is 3.44. The Kier molecular flexibility index (Phi) is 4.00. The highest BCUT2D eigenvalue weighted by Gasteiger charge is 2.10. The first-order valence-electron chi connectivity index (χ1n) is 6.30. The summed E-state index contributed by atoms with van der Waals surface area (Å²) in [6, 6.07) is 7.97. The number of amides is 1. The summed E-state index contributed by atoms with van der Waals surface area (Å²) in [5.74, 6) is 0.763. The van der Waals surface area contributed by atoms with Gasteiger partial charge in [0.05, 0.1) is 12.1 Å². The van der Waals surface area contributed by atoms with Crippen molar-refractivity contribution in [3.8, 4) is 0 Å². The summed E-state index contributed by atoms with van der Waals surface area (Å²) in [5, 5.41) is 6.76. The monoisotopic (exact) mass is 258 g/mol. The standard InChI is InChI=1S/C15H18N2O2/c1-10-5-4-6-13(7-10)8-15(18)16-9-14-11(2)17-19-12(14)3/h4-7H,8-9H2,1-3H3,(H,16,18). The lowest BCUT2D eigenvalue weighted by atomic mass is 10.1. The van der Waals surface area contributed by atoms with Gasteiger partial charge in [0.1, 0.15) is 5.76 Å². The molecule has 19 heavy (non-hydrogen) atoms. The van der Waals surface area contributed by atoms with E-state index in [0.29, 0.717) is 13.0 Å². The summed E-state index contributed by atoms with van der Waals surface area (Å²) < 4.78 is 5.06. The van der Waals surface area contributed by atoms with Crippen LogP contribution in [-0.2, 0) is 17.8 Å². The van der Waals surface area contributed by atoms with Crippen LogP contribution in [0.15, 0.2) is 28.8 Å². The highest BCUT2D eigenvalue weighted by molar-refractivity contribution is 5.78. The SMILES string of the molecule is Cc1cccc(CC(=O)NCc2c(C)noc2C)c1. The molecule has 0 aliphatic rings. The number of aromatic nitrogens is 1. The predicted molar refractivity (Wildman–Crippen MR) is 72.7 cm³/mol. The van der Waals surface area contributed by atoms with Crippen molar-refractivity contribution in [3.63, 3.8) is 0 Å². The van der Waals surface area contributed by atoms with Gasteiger partial charge in [0.2, 0.25) is 5.91 Å². The molecule has 0 radical (unpaired) electrons. The third-order valence-electron chi connectivity index (χ3n) is 3.09. The van der Waals surface area contributed by atoms with Gasteiger partial charge in [-0.3, -0.25) is 4.79 Å². The Morgan fingerprint density at radius 3 is 2.74 bits per heavy atom. The van der Waals surface area contributed by atoms with Gasteiger partial charge in [-0.05, 0) is 26.3 Å². The second-order valence-electron chi connectivity index (χ2n) is 4.75. The summed E-state index contributed by atoms with van der Waals surface area (Å²) in [6.07, 6.45) is 0.394. The first-order chi connectivity index (χ1) is 9.06. The van der Waals surface area contributed by atoms with Gasteiger partial charge in [-0.25, -0.2) is 0 Å². The number of nitrogens with zero attached hydrogens (tertiary/aromatic N) is 1. The van der Waals surface area contributed by atoms with Gasteiger partial charge in [-0.2, -0.15) is 0 Å². The van der Waals surface area contributed by atoms with E-state index in [0.717, 1.165) is 28.1 Å². The average molecular weight is 258 g/mol. The number of rotatable bonds is 4. The Bertz CT molecular complexity index is 568. The molecule has 0 spiro atoms. The minimum Gasteiger partial charge on any atom is -0.361 e. The Balaban J connectivity index is 1.92. The Hall–Kier alpha value is -2.10. The topological polar surface area (TPSA) is 55.1 Å². The molecular formula is C15H18N2O2. The molecule has 1 N–H and O–H groups in total. The van der Waals surface area contributed by atoms with Crippen LogP contribution in [0, 0.1) is 20.8 Å². The molecule has 1 heterocycles. The molecule has 0 bridgehead atoms. The summed E-state index contributed by atoms with van der Waals surface area (Å²) >= 11 is 0. The van der Waals surface area contributed by atoms with Gasteiger partial charge >= 0.3 is 0 Å². The third-order valence-corrected chi connectivity index (χ3v) is 3.09. The number of hydrogen-bond donors (Lipinski definition) is 1. The molecule has 0 saturated heterocycles. The van der Waals surface area contributed by atoms with Crippen LogP contribution in [0.25, 0.3) is 0 Å². The summed E-state index contributed by atoms with van der Waals surface area (Å²) in [4.78, 5) is 11.9. The molecule has 0 fully saturated rings. The van der Waals surface area contributed by atoms with Gasteiger partial charge < -0.3 is 9.84 Å². The van der Waals surface area contributed by atoms with Crippen LogP contribution >= 0.6 is 0 Å². The molecule has 2 aromatic rings. The van der Waals surface area contributed by atoms with Crippen molar-refractivity contribution in [2.45, 2.75) is 33.7 Å². The van der Waals surface area contributed by atoms with Crippen LogP contribution in [0.1, 0.15) is 28.1 Å². The van der Waals surface area contributed by atoms with Gasteiger partial charge in [0.25, 0.3) is 0 Å². The lowest BCUT2D eigenvalue weighted by Crippen LogP contribution is -2.25. The lowest BCUT2D eigenvalue weighted by molar-refractivity contribution is -0.120. The van der Waals surface area contributed by atoms with E-state index in [-0.39, 0.29) is 5.91 Å². The number of aryl methyl sites for hydroxylation is 3. The fourth-order valence-corrected chi connectivity index (χ4v) is 2.01. The minimum absolute atomic E-state index is 0.00519. The van der Waals surface area contributed by atoms with Crippen LogP contribution in [0.2, 0.25) is 0 Å². The highest BCUT2D eigenvalue weighted by Crippen LogP contribution is 2.11. The maximum atomic E-state index is 11.9. The van der Waals surface area contributed by atoms with Gasteiger partial charge in [0, 0.05) is 12.1 Å². The van der Waals surface area contributed by atoms with Crippen LogP contribution in [0.3, 0.4) is 0 Å². The Morgan fingerprint density at radius 1 is 1.32 bits per heavy atom. The van der Waals surface area contributed by atoms with E-state index in [9.17, 15) is 4.79 Å². The van der Waals surface area contributed by atoms with Crippen molar-refractivity contribution >= 4 is 5.91 Å². The van der Waals surface area contributed by atoms with Crippen molar-refractivity contribution < 1.29 is 9.32 Å². The van der Waals surface area contributed by atoms with Crippen LogP contribution in [0.4, 0.5) is 0 Å². The first kappa shape index (κ1) is 13.3.